The maximum Gasteiger partial charge on any atom is 0.240 e. The van der Waals surface area contributed by atoms with Gasteiger partial charge in [0, 0.05) is 39.9 Å². The fourth-order valence-corrected chi connectivity index (χ4v) is 1.82. The van der Waals surface area contributed by atoms with Crippen LogP contribution < -0.4 is 11.1 Å². The molecule has 106 valence electrons. The first-order valence-corrected chi connectivity index (χ1v) is 6.26. The number of amides is 1. The predicted molar refractivity (Wildman–Crippen MR) is 67.1 cm³/mol. The van der Waals surface area contributed by atoms with E-state index in [-0.39, 0.29) is 12.5 Å². The van der Waals surface area contributed by atoms with Crippen molar-refractivity contribution in [1.29, 1.82) is 0 Å². The second-order valence-corrected chi connectivity index (χ2v) is 5.19. The lowest BCUT2D eigenvalue weighted by Crippen LogP contribution is -2.58. The van der Waals surface area contributed by atoms with Crippen LogP contribution in [0.5, 0.6) is 0 Å². The molecular formula is C12H24N2O4. The number of ether oxygens (including phenoxy) is 2. The zero-order valence-electron chi connectivity index (χ0n) is 11.2. The zero-order chi connectivity index (χ0) is 13.6. The van der Waals surface area contributed by atoms with E-state index in [2.05, 4.69) is 5.32 Å². The highest BCUT2D eigenvalue weighted by molar-refractivity contribution is 5.86. The Kier molecular flexibility index (Phi) is 5.52. The molecule has 1 aliphatic heterocycles. The number of aliphatic hydroxyl groups is 1. The molecule has 1 fully saturated rings. The van der Waals surface area contributed by atoms with Crippen molar-refractivity contribution in [3.63, 3.8) is 0 Å². The highest BCUT2D eigenvalue weighted by Crippen LogP contribution is 2.18. The molecule has 1 heterocycles. The minimum absolute atomic E-state index is 0.176. The van der Waals surface area contributed by atoms with Crippen LogP contribution in [0.3, 0.4) is 0 Å². The summed E-state index contributed by atoms with van der Waals surface area (Å²) in [6.45, 7) is 3.30. The monoisotopic (exact) mass is 260 g/mol. The Balaban J connectivity index is 2.40. The Bertz CT molecular complexity index is 275. The number of hydrogen-bond acceptors (Lipinski definition) is 5. The van der Waals surface area contributed by atoms with Crippen molar-refractivity contribution in [2.75, 3.05) is 33.5 Å². The van der Waals surface area contributed by atoms with Gasteiger partial charge in [0.05, 0.1) is 11.1 Å². The van der Waals surface area contributed by atoms with E-state index in [4.69, 9.17) is 15.2 Å². The van der Waals surface area contributed by atoms with E-state index in [0.29, 0.717) is 39.1 Å². The van der Waals surface area contributed by atoms with Gasteiger partial charge in [-0.2, -0.15) is 0 Å². The molecule has 0 aromatic carbocycles. The van der Waals surface area contributed by atoms with Crippen LogP contribution in [0, 0.1) is 0 Å². The summed E-state index contributed by atoms with van der Waals surface area (Å²) in [6, 6.07) is 0. The second kappa shape index (κ2) is 6.47. The van der Waals surface area contributed by atoms with Crippen LogP contribution >= 0.6 is 0 Å². The lowest BCUT2D eigenvalue weighted by Gasteiger charge is -2.33. The Hall–Kier alpha value is -0.690. The minimum atomic E-state index is -0.979. The molecule has 1 atom stereocenters. The third-order valence-corrected chi connectivity index (χ3v) is 3.31. The summed E-state index contributed by atoms with van der Waals surface area (Å²) in [5.74, 6) is -0.219. The first-order chi connectivity index (χ1) is 8.40. The third-order valence-electron chi connectivity index (χ3n) is 3.31. The molecule has 0 saturated carbocycles. The summed E-state index contributed by atoms with van der Waals surface area (Å²) < 4.78 is 10.1. The third kappa shape index (κ3) is 4.53. The van der Waals surface area contributed by atoms with Gasteiger partial charge in [-0.1, -0.05) is 0 Å². The largest absolute Gasteiger partial charge is 0.388 e. The standard InChI is InChI=1S/C12H24N2O4/c1-11(16,3-6-17-2)9-14-10(15)12(13)4-7-18-8-5-12/h16H,3-9,13H2,1-2H3,(H,14,15). The zero-order valence-corrected chi connectivity index (χ0v) is 11.2. The molecule has 1 unspecified atom stereocenters. The molecule has 0 aliphatic carbocycles. The van der Waals surface area contributed by atoms with Gasteiger partial charge in [0.2, 0.25) is 5.91 Å². The van der Waals surface area contributed by atoms with Gasteiger partial charge in [-0.25, -0.2) is 0 Å². The number of methoxy groups -OCH3 is 1. The quantitative estimate of drug-likeness (QED) is 0.593. The van der Waals surface area contributed by atoms with Crippen LogP contribution in [0.2, 0.25) is 0 Å². The molecular weight excluding hydrogens is 236 g/mol. The molecule has 18 heavy (non-hydrogen) atoms. The second-order valence-electron chi connectivity index (χ2n) is 5.19. The Morgan fingerprint density at radius 3 is 2.72 bits per heavy atom. The number of hydrogen-bond donors (Lipinski definition) is 3. The van der Waals surface area contributed by atoms with Crippen LogP contribution in [-0.2, 0) is 14.3 Å². The first kappa shape index (κ1) is 15.4. The van der Waals surface area contributed by atoms with Crippen LogP contribution in [-0.4, -0.2) is 55.6 Å². The van der Waals surface area contributed by atoms with Crippen molar-refractivity contribution in [3.8, 4) is 0 Å². The number of nitrogens with one attached hydrogen (secondary N) is 1. The topological polar surface area (TPSA) is 93.8 Å². The van der Waals surface area contributed by atoms with E-state index in [1.54, 1.807) is 14.0 Å². The highest BCUT2D eigenvalue weighted by atomic mass is 16.5. The molecule has 6 nitrogen and oxygen atoms in total. The van der Waals surface area contributed by atoms with Gasteiger partial charge in [0.25, 0.3) is 0 Å². The lowest BCUT2D eigenvalue weighted by atomic mass is 9.90. The van der Waals surface area contributed by atoms with E-state index >= 15 is 0 Å². The van der Waals surface area contributed by atoms with Gasteiger partial charge in [-0.15, -0.1) is 0 Å². The van der Waals surface area contributed by atoms with E-state index in [0.717, 1.165) is 0 Å². The molecule has 1 amide bonds. The Labute approximate surface area is 108 Å². The number of carbonyl (C=O) groups is 1. The smallest absolute Gasteiger partial charge is 0.240 e. The minimum Gasteiger partial charge on any atom is -0.388 e. The van der Waals surface area contributed by atoms with Gasteiger partial charge in [0.15, 0.2) is 0 Å². The average Bonchev–Trinajstić information content (AvgIpc) is 2.34. The van der Waals surface area contributed by atoms with Crippen molar-refractivity contribution in [1.82, 2.24) is 5.32 Å². The van der Waals surface area contributed by atoms with Gasteiger partial charge in [-0.3, -0.25) is 4.79 Å². The average molecular weight is 260 g/mol. The maximum atomic E-state index is 12.0. The van der Waals surface area contributed by atoms with E-state index in [9.17, 15) is 9.90 Å². The van der Waals surface area contributed by atoms with Gasteiger partial charge in [-0.05, 0) is 19.8 Å². The molecule has 4 N–H and O–H groups in total. The van der Waals surface area contributed by atoms with E-state index < -0.39 is 11.1 Å². The van der Waals surface area contributed by atoms with Gasteiger partial charge in [0.1, 0.15) is 0 Å². The first-order valence-electron chi connectivity index (χ1n) is 6.26. The number of rotatable bonds is 6. The number of nitrogens with two attached hydrogens (primary N) is 1. The van der Waals surface area contributed by atoms with Crippen LogP contribution in [0.1, 0.15) is 26.2 Å². The molecule has 1 saturated heterocycles. The molecule has 0 aromatic heterocycles. The molecule has 1 rings (SSSR count). The molecule has 6 heteroatoms. The summed E-state index contributed by atoms with van der Waals surface area (Å²) in [5.41, 5.74) is 4.19. The summed E-state index contributed by atoms with van der Waals surface area (Å²) in [4.78, 5) is 12.0. The van der Waals surface area contributed by atoms with Crippen LogP contribution in [0.25, 0.3) is 0 Å². The van der Waals surface area contributed by atoms with Crippen molar-refractivity contribution < 1.29 is 19.4 Å². The number of carbonyl (C=O) groups excluding carboxylic acids is 1. The van der Waals surface area contributed by atoms with Crippen molar-refractivity contribution >= 4 is 5.91 Å². The summed E-state index contributed by atoms with van der Waals surface area (Å²) >= 11 is 0. The SMILES string of the molecule is COCCC(C)(O)CNC(=O)C1(N)CCOCC1. The summed E-state index contributed by atoms with van der Waals surface area (Å²) in [5, 5.41) is 12.7. The van der Waals surface area contributed by atoms with Crippen molar-refractivity contribution in [3.05, 3.63) is 0 Å². The van der Waals surface area contributed by atoms with Crippen LogP contribution in [0.4, 0.5) is 0 Å². The Morgan fingerprint density at radius 1 is 1.56 bits per heavy atom. The molecule has 1 aliphatic rings. The van der Waals surface area contributed by atoms with E-state index in [1.807, 2.05) is 0 Å². The fraction of sp³-hybridized carbons (Fsp3) is 0.917. The summed E-state index contributed by atoms with van der Waals surface area (Å²) in [6.07, 6.45) is 1.49. The molecule has 0 bridgehead atoms. The summed E-state index contributed by atoms with van der Waals surface area (Å²) in [7, 11) is 1.57. The fourth-order valence-electron chi connectivity index (χ4n) is 1.82. The normalized spacial score (nSPS) is 22.2. The molecule has 0 aromatic rings. The maximum absolute atomic E-state index is 12.0. The van der Waals surface area contributed by atoms with Crippen molar-refractivity contribution in [2.24, 2.45) is 5.73 Å². The Morgan fingerprint density at radius 2 is 2.17 bits per heavy atom. The lowest BCUT2D eigenvalue weighted by molar-refractivity contribution is -0.131. The molecule has 0 spiro atoms. The van der Waals surface area contributed by atoms with Gasteiger partial charge >= 0.3 is 0 Å². The van der Waals surface area contributed by atoms with E-state index in [1.165, 1.54) is 0 Å². The highest BCUT2D eigenvalue weighted by Gasteiger charge is 2.36. The van der Waals surface area contributed by atoms with Crippen molar-refractivity contribution in [2.45, 2.75) is 37.3 Å². The van der Waals surface area contributed by atoms with Gasteiger partial charge < -0.3 is 25.6 Å². The van der Waals surface area contributed by atoms with Crippen LogP contribution in [0.15, 0.2) is 0 Å². The predicted octanol–water partition coefficient (Wildman–Crippen LogP) is -0.602. The molecule has 0 radical (unpaired) electrons.